The molecule has 0 atom stereocenters. The molecule has 447 valence electrons. The molecule has 94 heavy (non-hydrogen) atoms. The highest BCUT2D eigenvalue weighted by molar-refractivity contribution is 6.30. The molecule has 0 amide bonds. The molecule has 6 heterocycles. The Kier molecular flexibility index (Phi) is 17.3. The Hall–Kier alpha value is -11.9. The number of fused-ring (bicyclic) bond motifs is 6. The number of aryl methyl sites for hydroxylation is 2. The molecule has 6 aromatic heterocycles. The third kappa shape index (κ3) is 13.2. The van der Waals surface area contributed by atoms with E-state index in [1.807, 2.05) is 178 Å². The minimum Gasteiger partial charge on any atom is -0.537 e. The molecule has 0 aliphatic heterocycles. The summed E-state index contributed by atoms with van der Waals surface area (Å²) < 4.78 is 4.98. The van der Waals surface area contributed by atoms with Crippen molar-refractivity contribution in [2.75, 3.05) is 0 Å². The summed E-state index contributed by atoms with van der Waals surface area (Å²) >= 11 is 6.28. The van der Waals surface area contributed by atoms with E-state index in [9.17, 15) is 0 Å². The third-order valence-electron chi connectivity index (χ3n) is 16.2. The fourth-order valence-corrected chi connectivity index (χ4v) is 11.7. The van der Waals surface area contributed by atoms with E-state index in [1.165, 1.54) is 0 Å². The fraction of sp³-hybridized carbons (Fsp3) is 0.0244. The zero-order valence-electron chi connectivity index (χ0n) is 51.3. The van der Waals surface area contributed by atoms with Crippen molar-refractivity contribution in [1.29, 1.82) is 0 Å². The maximum absolute atomic E-state index is 8.76. The van der Waals surface area contributed by atoms with Crippen LogP contribution >= 0.6 is 11.6 Å². The van der Waals surface area contributed by atoms with Gasteiger partial charge in [-0.25, -0.2) is 29.9 Å². The minimum atomic E-state index is 0.488. The van der Waals surface area contributed by atoms with Crippen LogP contribution in [-0.2, 0) is 0 Å². The van der Waals surface area contributed by atoms with Crippen molar-refractivity contribution in [2.24, 2.45) is 0 Å². The lowest BCUT2D eigenvalue weighted by atomic mass is 9.96. The van der Waals surface area contributed by atoms with Gasteiger partial charge in [0.2, 0.25) is 0 Å². The summed E-state index contributed by atoms with van der Waals surface area (Å²) in [6, 6.07) is 102. The summed E-state index contributed by atoms with van der Waals surface area (Å²) in [4.78, 5) is 38.8. The largest absolute Gasteiger partial charge is 0.569 e. The van der Waals surface area contributed by atoms with Gasteiger partial charge in [-0.2, -0.15) is 0 Å². The van der Waals surface area contributed by atoms with Gasteiger partial charge in [-0.3, -0.25) is 9.97 Å². The summed E-state index contributed by atoms with van der Waals surface area (Å²) in [6.07, 6.45) is 0. The van der Waals surface area contributed by atoms with Crippen LogP contribution in [0.3, 0.4) is 0 Å². The lowest BCUT2D eigenvalue weighted by Gasteiger charge is -2.13. The van der Waals surface area contributed by atoms with Gasteiger partial charge in [0, 0.05) is 71.9 Å². The van der Waals surface area contributed by atoms with Crippen LogP contribution in [0.25, 0.3) is 145 Å². The van der Waals surface area contributed by atoms with Crippen molar-refractivity contribution in [1.82, 2.24) is 39.9 Å². The molecule has 0 aliphatic carbocycles. The Morgan fingerprint density at radius 3 is 1.00 bits per heavy atom. The van der Waals surface area contributed by atoms with Crippen LogP contribution in [-0.4, -0.2) is 52.6 Å². The molecule has 0 saturated heterocycles. The summed E-state index contributed by atoms with van der Waals surface area (Å²) in [5.41, 5.74) is 21.4. The van der Waals surface area contributed by atoms with Crippen molar-refractivity contribution in [3.63, 3.8) is 0 Å². The van der Waals surface area contributed by atoms with Gasteiger partial charge in [-0.15, -0.1) is 0 Å². The van der Waals surface area contributed by atoms with E-state index in [-0.39, 0.29) is 0 Å². The van der Waals surface area contributed by atoms with Gasteiger partial charge in [-0.05, 0) is 96.8 Å². The predicted molar refractivity (Wildman–Crippen MR) is 384 cm³/mol. The second-order valence-electron chi connectivity index (χ2n) is 22.5. The monoisotopic (exact) mass is 1230 g/mol. The second kappa shape index (κ2) is 27.3. The van der Waals surface area contributed by atoms with Crippen LogP contribution in [0.4, 0.5) is 0 Å². The first-order valence-corrected chi connectivity index (χ1v) is 31.2. The van der Waals surface area contributed by atoms with E-state index in [1.54, 1.807) is 12.1 Å². The number of nitrogens with zero attached hydrogens (tertiary/aromatic N) is 8. The molecular formula is C82H57BClN8O2. The van der Waals surface area contributed by atoms with E-state index in [4.69, 9.17) is 51.2 Å². The van der Waals surface area contributed by atoms with Crippen LogP contribution in [0.2, 0.25) is 5.15 Å². The summed E-state index contributed by atoms with van der Waals surface area (Å²) in [5.74, 6) is 1.94. The molecule has 0 spiro atoms. The first kappa shape index (κ1) is 59.7. The molecule has 1 N–H and O–H groups in total. The quantitative estimate of drug-likeness (QED) is 0.0758. The van der Waals surface area contributed by atoms with Crippen LogP contribution in [0.1, 0.15) is 11.4 Å². The van der Waals surface area contributed by atoms with Gasteiger partial charge in [0.05, 0.1) is 50.5 Å². The van der Waals surface area contributed by atoms with Crippen LogP contribution in [0.5, 0.6) is 5.75 Å². The number of halogens is 1. The lowest BCUT2D eigenvalue weighted by molar-refractivity contribution is 0.454. The number of aromatic nitrogens is 8. The number of pyridine rings is 4. The Labute approximate surface area is 550 Å². The molecular weight excluding hydrogens is 1180 g/mol. The molecule has 1 radical (unpaired) electrons. The van der Waals surface area contributed by atoms with Crippen LogP contribution < -0.4 is 4.65 Å². The van der Waals surface area contributed by atoms with Crippen molar-refractivity contribution in [3.05, 3.63) is 320 Å². The van der Waals surface area contributed by atoms with Gasteiger partial charge in [0.15, 0.2) is 11.6 Å². The molecule has 16 rings (SSSR count). The Bertz CT molecular complexity index is 5220. The highest BCUT2D eigenvalue weighted by Gasteiger charge is 2.17. The average Bonchev–Trinajstić information content (AvgIpc) is 0.780. The van der Waals surface area contributed by atoms with Crippen molar-refractivity contribution < 1.29 is 9.68 Å². The average molecular weight is 1230 g/mol. The molecule has 0 aliphatic rings. The smallest absolute Gasteiger partial charge is 0.537 e. The second-order valence-corrected chi connectivity index (χ2v) is 22.9. The van der Waals surface area contributed by atoms with Gasteiger partial charge in [-0.1, -0.05) is 254 Å². The van der Waals surface area contributed by atoms with E-state index in [0.29, 0.717) is 30.2 Å². The first-order valence-electron chi connectivity index (χ1n) is 30.8. The first-order chi connectivity index (χ1) is 46.2. The molecule has 10 aromatic carbocycles. The number of hydrogen-bond acceptors (Lipinski definition) is 10. The predicted octanol–water partition coefficient (Wildman–Crippen LogP) is 20.0. The zero-order chi connectivity index (χ0) is 63.7. The van der Waals surface area contributed by atoms with Gasteiger partial charge in [0.25, 0.3) is 0 Å². The normalized spacial score (nSPS) is 11.0. The summed E-state index contributed by atoms with van der Waals surface area (Å²) in [6.45, 7) is 4.01. The molecule has 0 saturated carbocycles. The molecule has 0 unspecified atom stereocenters. The lowest BCUT2D eigenvalue weighted by Crippen LogP contribution is -1.99. The highest BCUT2D eigenvalue weighted by atomic mass is 35.5. The topological polar surface area (TPSA) is 133 Å². The molecule has 16 aromatic rings. The van der Waals surface area contributed by atoms with Crippen LogP contribution in [0, 0.1) is 13.8 Å². The summed E-state index contributed by atoms with van der Waals surface area (Å²) in [5, 5.41) is 13.6. The van der Waals surface area contributed by atoms with Gasteiger partial charge >= 0.3 is 7.69 Å². The zero-order valence-corrected chi connectivity index (χ0v) is 52.0. The maximum atomic E-state index is 8.76. The van der Waals surface area contributed by atoms with E-state index in [2.05, 4.69) is 137 Å². The van der Waals surface area contributed by atoms with Gasteiger partial charge in [0.1, 0.15) is 10.9 Å². The Morgan fingerprint density at radius 1 is 0.287 bits per heavy atom. The molecule has 10 nitrogen and oxygen atoms in total. The Morgan fingerprint density at radius 2 is 0.606 bits per heavy atom. The summed E-state index contributed by atoms with van der Waals surface area (Å²) in [7, 11) is 0.667. The van der Waals surface area contributed by atoms with E-state index >= 15 is 0 Å². The molecule has 0 fully saturated rings. The van der Waals surface area contributed by atoms with Gasteiger partial charge < -0.3 is 9.68 Å². The number of benzene rings is 10. The van der Waals surface area contributed by atoms with Crippen molar-refractivity contribution in [2.45, 2.75) is 13.8 Å². The Balaban J connectivity index is 0.000000132. The fourth-order valence-electron chi connectivity index (χ4n) is 11.5. The molecule has 0 bridgehead atoms. The third-order valence-corrected chi connectivity index (χ3v) is 16.4. The maximum Gasteiger partial charge on any atom is 0.569 e. The highest BCUT2D eigenvalue weighted by Crippen LogP contribution is 2.38. The molecule has 12 heteroatoms. The SMILES string of the molecule is Cc1ccc2ccc3c(-c4ccccc4)cc(-c4ccc(-c5cc(-c6ccccc6)nc(-c6ccccc6)n5)cc4)nc3c2n1.Cc1ccc2ccc3c(-c4ccccc4)cc(Cl)nc3c2n1.O[B]Oc1ccc(-c2cc(-c3ccccc3)nc(-c3ccccc3)n2)cc1. The number of hydrogen-bond donors (Lipinski definition) is 1. The van der Waals surface area contributed by atoms with Crippen molar-refractivity contribution >= 4 is 62.9 Å². The van der Waals surface area contributed by atoms with Crippen LogP contribution in [0.15, 0.2) is 303 Å². The minimum absolute atomic E-state index is 0.488. The number of rotatable bonds is 11. The van der Waals surface area contributed by atoms with E-state index < -0.39 is 0 Å². The van der Waals surface area contributed by atoms with Crippen molar-refractivity contribution in [3.8, 4) is 107 Å². The standard InChI is InChI=1S/C41H28N4.C22H16BN2O2.C19H13ClN2/c1-27-17-18-32-23-24-34-35(28-11-5-2-6-12-28)25-36(43-40(34)39(32)42-27)30-19-21-31(22-20-30)38-26-37(29-13-7-3-8-14-29)44-41(45-38)33-15-9-4-10-16-33;26-23-27-19-13-11-17(12-14-19)21-15-20(16-7-3-1-4-8-16)24-22(25-21)18-9-5-2-6-10-18;1-12-7-8-14-9-10-15-16(13-5-3-2-4-6-13)11-17(20)22-19(15)18(14)21-12/h2-26H,1H3;1-15,26H;2-11H,1H3. The van der Waals surface area contributed by atoms with E-state index in [0.717, 1.165) is 145 Å².